The second-order valence-corrected chi connectivity index (χ2v) is 8.88. The molecule has 26 heavy (non-hydrogen) atoms. The number of hydrogen-bond donors (Lipinski definition) is 0. The number of halogens is 2. The van der Waals surface area contributed by atoms with Crippen LogP contribution in [-0.2, 0) is 9.53 Å². The van der Waals surface area contributed by atoms with Gasteiger partial charge in [0, 0.05) is 36.8 Å². The van der Waals surface area contributed by atoms with Gasteiger partial charge in [-0.05, 0) is 30.4 Å². The van der Waals surface area contributed by atoms with Crippen LogP contribution in [0, 0.1) is 11.2 Å². The van der Waals surface area contributed by atoms with Crippen LogP contribution in [0.2, 0.25) is 5.02 Å². The molecule has 144 valence electrons. The van der Waals surface area contributed by atoms with Gasteiger partial charge in [-0.3, -0.25) is 9.69 Å². The molecule has 0 spiro atoms. The van der Waals surface area contributed by atoms with Crippen molar-refractivity contribution in [3.8, 4) is 0 Å². The predicted molar refractivity (Wildman–Crippen MR) is 101 cm³/mol. The van der Waals surface area contributed by atoms with Crippen molar-refractivity contribution in [1.29, 1.82) is 0 Å². The average molecular weight is 383 g/mol. The van der Waals surface area contributed by atoms with Crippen LogP contribution in [0.1, 0.15) is 45.3 Å². The largest absolute Gasteiger partial charge is 0.371 e. The Kier molecular flexibility index (Phi) is 5.90. The molecule has 0 aromatic heterocycles. The first kappa shape index (κ1) is 19.6. The second kappa shape index (κ2) is 7.83. The summed E-state index contributed by atoms with van der Waals surface area (Å²) in [5, 5.41) is 0.376. The molecule has 2 unspecified atom stereocenters. The van der Waals surface area contributed by atoms with E-state index in [0.29, 0.717) is 30.3 Å². The molecule has 1 aromatic carbocycles. The van der Waals surface area contributed by atoms with Crippen LogP contribution in [-0.4, -0.2) is 54.5 Å². The third kappa shape index (κ3) is 4.38. The highest BCUT2D eigenvalue weighted by Gasteiger charge is 2.38. The van der Waals surface area contributed by atoms with Gasteiger partial charge in [0.15, 0.2) is 0 Å². The molecule has 6 heteroatoms. The summed E-state index contributed by atoms with van der Waals surface area (Å²) in [4.78, 5) is 17.2. The molecule has 1 aromatic rings. The number of carbonyl (C=O) groups excluding carboxylic acids is 1. The molecular formula is C20H28ClFN2O2. The third-order valence-electron chi connectivity index (χ3n) is 5.03. The molecule has 0 N–H and O–H groups in total. The topological polar surface area (TPSA) is 32.8 Å². The van der Waals surface area contributed by atoms with E-state index in [1.54, 1.807) is 12.1 Å². The van der Waals surface area contributed by atoms with Gasteiger partial charge in [-0.25, -0.2) is 4.39 Å². The standard InChI is InChI=1S/C20H28ClFN2O2/c1-20(2,3)13-24-9-5-8-16(19(24)25)23-10-11-26-17(12-23)18-14(21)6-4-7-15(18)22/h4,6-7,16-17H,5,8-13H2,1-3H3. The fourth-order valence-electron chi connectivity index (χ4n) is 3.93. The highest BCUT2D eigenvalue weighted by atomic mass is 35.5. The lowest BCUT2D eigenvalue weighted by atomic mass is 9.93. The molecule has 0 saturated carbocycles. The van der Waals surface area contributed by atoms with Crippen molar-refractivity contribution in [3.05, 3.63) is 34.6 Å². The van der Waals surface area contributed by atoms with Crippen LogP contribution in [0.3, 0.4) is 0 Å². The molecule has 0 aliphatic carbocycles. The Morgan fingerprint density at radius 2 is 2.08 bits per heavy atom. The lowest BCUT2D eigenvalue weighted by Gasteiger charge is -2.43. The van der Waals surface area contributed by atoms with Crippen molar-refractivity contribution in [3.63, 3.8) is 0 Å². The van der Waals surface area contributed by atoms with Gasteiger partial charge in [0.2, 0.25) is 5.91 Å². The van der Waals surface area contributed by atoms with Crippen molar-refractivity contribution in [2.45, 2.75) is 45.8 Å². The number of rotatable bonds is 3. The minimum Gasteiger partial charge on any atom is -0.371 e. The molecule has 2 saturated heterocycles. The van der Waals surface area contributed by atoms with Gasteiger partial charge in [0.25, 0.3) is 0 Å². The van der Waals surface area contributed by atoms with E-state index in [1.807, 2.05) is 4.90 Å². The van der Waals surface area contributed by atoms with Crippen LogP contribution in [0.15, 0.2) is 18.2 Å². The minimum absolute atomic E-state index is 0.0752. The maximum Gasteiger partial charge on any atom is 0.239 e. The quantitative estimate of drug-likeness (QED) is 0.795. The summed E-state index contributed by atoms with van der Waals surface area (Å²) in [7, 11) is 0. The second-order valence-electron chi connectivity index (χ2n) is 8.47. The van der Waals surface area contributed by atoms with Gasteiger partial charge < -0.3 is 9.64 Å². The zero-order valence-corrected chi connectivity index (χ0v) is 16.6. The first-order valence-corrected chi connectivity index (χ1v) is 9.72. The Morgan fingerprint density at radius 3 is 2.77 bits per heavy atom. The molecule has 0 radical (unpaired) electrons. The van der Waals surface area contributed by atoms with Crippen molar-refractivity contribution in [1.82, 2.24) is 9.80 Å². The van der Waals surface area contributed by atoms with Crippen LogP contribution >= 0.6 is 11.6 Å². The van der Waals surface area contributed by atoms with Gasteiger partial charge in [-0.1, -0.05) is 38.4 Å². The maximum absolute atomic E-state index is 14.3. The number of piperidine rings is 1. The summed E-state index contributed by atoms with van der Waals surface area (Å²) in [5.74, 6) is -0.167. The molecule has 2 aliphatic heterocycles. The summed E-state index contributed by atoms with van der Waals surface area (Å²) in [6.07, 6.45) is 1.40. The maximum atomic E-state index is 14.3. The Morgan fingerprint density at radius 1 is 1.31 bits per heavy atom. The summed E-state index contributed by atoms with van der Waals surface area (Å²) >= 11 is 6.21. The minimum atomic E-state index is -0.441. The van der Waals surface area contributed by atoms with E-state index in [1.165, 1.54) is 6.07 Å². The number of morpholine rings is 1. The predicted octanol–water partition coefficient (Wildman–Crippen LogP) is 3.89. The Labute approximate surface area is 160 Å². The van der Waals surface area contributed by atoms with Crippen LogP contribution in [0.25, 0.3) is 0 Å². The molecule has 2 fully saturated rings. The van der Waals surface area contributed by atoms with E-state index >= 15 is 0 Å². The fourth-order valence-corrected chi connectivity index (χ4v) is 4.22. The Bertz CT molecular complexity index is 641. The van der Waals surface area contributed by atoms with E-state index < -0.39 is 6.10 Å². The summed E-state index contributed by atoms with van der Waals surface area (Å²) in [6.45, 7) is 9.66. The number of benzene rings is 1. The van der Waals surface area contributed by atoms with E-state index in [9.17, 15) is 9.18 Å². The number of amides is 1. The lowest BCUT2D eigenvalue weighted by molar-refractivity contribution is -0.145. The van der Waals surface area contributed by atoms with Gasteiger partial charge in [0.05, 0.1) is 18.8 Å². The first-order valence-electron chi connectivity index (χ1n) is 9.34. The molecule has 2 aliphatic rings. The normalized spacial score (nSPS) is 25.6. The van der Waals surface area contributed by atoms with E-state index in [-0.39, 0.29) is 23.2 Å². The van der Waals surface area contributed by atoms with Crippen molar-refractivity contribution >= 4 is 17.5 Å². The molecule has 3 rings (SSSR count). The summed E-state index contributed by atoms with van der Waals surface area (Å²) in [5.41, 5.74) is 0.472. The summed E-state index contributed by atoms with van der Waals surface area (Å²) in [6, 6.07) is 4.53. The van der Waals surface area contributed by atoms with Gasteiger partial charge in [-0.15, -0.1) is 0 Å². The Balaban J connectivity index is 1.74. The molecular weight excluding hydrogens is 355 g/mol. The van der Waals surface area contributed by atoms with Gasteiger partial charge in [-0.2, -0.15) is 0 Å². The zero-order chi connectivity index (χ0) is 18.9. The van der Waals surface area contributed by atoms with Crippen LogP contribution < -0.4 is 0 Å². The SMILES string of the molecule is CC(C)(C)CN1CCCC(N2CCOC(c3c(F)cccc3Cl)C2)C1=O. The molecule has 0 bridgehead atoms. The first-order chi connectivity index (χ1) is 12.3. The van der Waals surface area contributed by atoms with E-state index in [0.717, 1.165) is 25.9 Å². The summed E-state index contributed by atoms with van der Waals surface area (Å²) < 4.78 is 20.1. The molecule has 2 atom stereocenters. The van der Waals surface area contributed by atoms with Gasteiger partial charge >= 0.3 is 0 Å². The van der Waals surface area contributed by atoms with Crippen LogP contribution in [0.5, 0.6) is 0 Å². The van der Waals surface area contributed by atoms with Crippen molar-refractivity contribution < 1.29 is 13.9 Å². The smallest absolute Gasteiger partial charge is 0.239 e. The zero-order valence-electron chi connectivity index (χ0n) is 15.8. The Hall–Kier alpha value is -1.17. The number of hydrogen-bond acceptors (Lipinski definition) is 3. The van der Waals surface area contributed by atoms with Crippen molar-refractivity contribution in [2.75, 3.05) is 32.8 Å². The van der Waals surface area contributed by atoms with Crippen LogP contribution in [0.4, 0.5) is 4.39 Å². The molecule has 2 heterocycles. The number of nitrogens with zero attached hydrogens (tertiary/aromatic N) is 2. The number of ether oxygens (including phenoxy) is 1. The lowest BCUT2D eigenvalue weighted by Crippen LogP contribution is -2.56. The van der Waals surface area contributed by atoms with E-state index in [2.05, 4.69) is 25.7 Å². The monoisotopic (exact) mass is 382 g/mol. The average Bonchev–Trinajstić information content (AvgIpc) is 2.56. The van der Waals surface area contributed by atoms with E-state index in [4.69, 9.17) is 16.3 Å². The van der Waals surface area contributed by atoms with Gasteiger partial charge in [0.1, 0.15) is 5.82 Å². The van der Waals surface area contributed by atoms with Crippen molar-refractivity contribution in [2.24, 2.45) is 5.41 Å². The highest BCUT2D eigenvalue weighted by molar-refractivity contribution is 6.31. The molecule has 1 amide bonds. The molecule has 4 nitrogen and oxygen atoms in total. The highest BCUT2D eigenvalue weighted by Crippen LogP contribution is 2.32. The number of likely N-dealkylation sites (tertiary alicyclic amines) is 1. The number of carbonyl (C=O) groups is 1. The third-order valence-corrected chi connectivity index (χ3v) is 5.36. The fraction of sp³-hybridized carbons (Fsp3) is 0.650.